The number of hydrogen-bond acceptors (Lipinski definition) is 4. The van der Waals surface area contributed by atoms with Gasteiger partial charge in [-0.1, -0.05) is 6.07 Å². The highest BCUT2D eigenvalue weighted by Crippen LogP contribution is 2.21. The first kappa shape index (κ1) is 9.59. The summed E-state index contributed by atoms with van der Waals surface area (Å²) in [6.45, 7) is 0. The van der Waals surface area contributed by atoms with E-state index < -0.39 is 0 Å². The van der Waals surface area contributed by atoms with Gasteiger partial charge in [0.25, 0.3) is 5.56 Å². The van der Waals surface area contributed by atoms with Crippen LogP contribution in [0.3, 0.4) is 0 Å². The van der Waals surface area contributed by atoms with Crippen molar-refractivity contribution in [3.05, 3.63) is 40.8 Å². The van der Waals surface area contributed by atoms with Crippen LogP contribution in [0.4, 0.5) is 5.82 Å². The van der Waals surface area contributed by atoms with Gasteiger partial charge in [-0.15, -0.1) is 0 Å². The Morgan fingerprint density at radius 1 is 1.24 bits per heavy atom. The Kier molecular flexibility index (Phi) is 1.94. The monoisotopic (exact) mass is 227 g/mol. The lowest BCUT2D eigenvalue weighted by molar-refractivity contribution is 1.10. The molecular formula is C11H9N5O. The smallest absolute Gasteiger partial charge is 0.266 e. The number of nitrogens with zero attached hydrogens (tertiary/aromatic N) is 2. The minimum Gasteiger partial charge on any atom is -0.382 e. The van der Waals surface area contributed by atoms with Crippen molar-refractivity contribution in [1.29, 1.82) is 0 Å². The zero-order valence-electron chi connectivity index (χ0n) is 8.77. The summed E-state index contributed by atoms with van der Waals surface area (Å²) in [5.74, 6) is 0.439. The Balaban J connectivity index is 2.20. The number of benzene rings is 1. The topological polar surface area (TPSA) is 100 Å². The molecule has 0 bridgehead atoms. The van der Waals surface area contributed by atoms with E-state index in [2.05, 4.69) is 20.2 Å². The quantitative estimate of drug-likeness (QED) is 0.574. The summed E-state index contributed by atoms with van der Waals surface area (Å²) in [7, 11) is 0. The molecule has 0 radical (unpaired) electrons. The highest BCUT2D eigenvalue weighted by atomic mass is 16.1. The number of nitrogen functional groups attached to an aromatic ring is 1. The molecule has 0 saturated heterocycles. The van der Waals surface area contributed by atoms with Gasteiger partial charge in [-0.25, -0.2) is 4.98 Å². The highest BCUT2D eigenvalue weighted by molar-refractivity contribution is 5.80. The van der Waals surface area contributed by atoms with Gasteiger partial charge in [0, 0.05) is 11.6 Å². The van der Waals surface area contributed by atoms with Gasteiger partial charge in [0.2, 0.25) is 0 Å². The van der Waals surface area contributed by atoms with E-state index in [0.717, 1.165) is 16.8 Å². The summed E-state index contributed by atoms with van der Waals surface area (Å²) in [4.78, 5) is 17.9. The van der Waals surface area contributed by atoms with E-state index in [1.807, 2.05) is 12.1 Å². The average molecular weight is 227 g/mol. The summed E-state index contributed by atoms with van der Waals surface area (Å²) in [6, 6.07) is 7.27. The van der Waals surface area contributed by atoms with E-state index in [0.29, 0.717) is 11.3 Å². The number of rotatable bonds is 1. The molecular weight excluding hydrogens is 218 g/mol. The number of fused-ring (bicyclic) bond motifs is 1. The van der Waals surface area contributed by atoms with Crippen molar-refractivity contribution in [2.75, 3.05) is 5.73 Å². The van der Waals surface area contributed by atoms with Crippen LogP contribution in [0, 0.1) is 0 Å². The molecule has 3 rings (SSSR count). The molecule has 0 aliphatic carbocycles. The van der Waals surface area contributed by atoms with E-state index >= 15 is 0 Å². The molecule has 2 aromatic heterocycles. The number of H-pyrrole nitrogens is 2. The molecule has 4 N–H and O–H groups in total. The fourth-order valence-corrected chi connectivity index (χ4v) is 1.69. The van der Waals surface area contributed by atoms with E-state index in [4.69, 9.17) is 5.73 Å². The second-order valence-electron chi connectivity index (χ2n) is 3.69. The lowest BCUT2D eigenvalue weighted by Gasteiger charge is -1.99. The van der Waals surface area contributed by atoms with E-state index in [-0.39, 0.29) is 5.56 Å². The fourth-order valence-electron chi connectivity index (χ4n) is 1.69. The molecule has 0 fully saturated rings. The molecule has 84 valence electrons. The van der Waals surface area contributed by atoms with Gasteiger partial charge < -0.3 is 10.7 Å². The van der Waals surface area contributed by atoms with Crippen molar-refractivity contribution < 1.29 is 0 Å². The van der Waals surface area contributed by atoms with Gasteiger partial charge in [0.15, 0.2) is 0 Å². The third kappa shape index (κ3) is 1.65. The van der Waals surface area contributed by atoms with Crippen LogP contribution in [-0.2, 0) is 0 Å². The van der Waals surface area contributed by atoms with Crippen molar-refractivity contribution in [3.63, 3.8) is 0 Å². The predicted molar refractivity (Wildman–Crippen MR) is 64.4 cm³/mol. The van der Waals surface area contributed by atoms with Gasteiger partial charge in [0.1, 0.15) is 5.82 Å². The van der Waals surface area contributed by atoms with Crippen LogP contribution in [0.15, 0.2) is 35.3 Å². The molecule has 0 aliphatic rings. The van der Waals surface area contributed by atoms with Gasteiger partial charge >= 0.3 is 0 Å². The average Bonchev–Trinajstić information content (AvgIpc) is 2.75. The number of anilines is 1. The molecule has 2 heterocycles. The zero-order chi connectivity index (χ0) is 11.8. The van der Waals surface area contributed by atoms with Crippen molar-refractivity contribution in [1.82, 2.24) is 20.2 Å². The van der Waals surface area contributed by atoms with Crippen molar-refractivity contribution in [3.8, 4) is 11.3 Å². The number of aromatic amines is 2. The first-order chi connectivity index (χ1) is 8.22. The molecule has 6 nitrogen and oxygen atoms in total. The minimum atomic E-state index is -0.212. The first-order valence-electron chi connectivity index (χ1n) is 5.03. The maximum absolute atomic E-state index is 11.1. The third-order valence-corrected chi connectivity index (χ3v) is 2.49. The number of aromatic nitrogens is 4. The van der Waals surface area contributed by atoms with Crippen LogP contribution in [0.5, 0.6) is 0 Å². The normalized spacial score (nSPS) is 10.8. The third-order valence-electron chi connectivity index (χ3n) is 2.49. The lowest BCUT2D eigenvalue weighted by Crippen LogP contribution is -2.04. The van der Waals surface area contributed by atoms with Crippen LogP contribution >= 0.6 is 0 Å². The number of hydrogen-bond donors (Lipinski definition) is 3. The molecule has 3 aromatic rings. The molecule has 1 aromatic carbocycles. The highest BCUT2D eigenvalue weighted by Gasteiger charge is 2.03. The molecule has 0 aliphatic heterocycles. The molecule has 0 amide bonds. The van der Waals surface area contributed by atoms with E-state index in [1.165, 1.54) is 6.20 Å². The molecule has 17 heavy (non-hydrogen) atoms. The summed E-state index contributed by atoms with van der Waals surface area (Å²) >= 11 is 0. The Morgan fingerprint density at radius 3 is 2.88 bits per heavy atom. The molecule has 0 atom stereocenters. The van der Waals surface area contributed by atoms with Crippen LogP contribution in [-0.4, -0.2) is 20.2 Å². The standard InChI is InChI=1S/C11H9N5O/c12-10-4-8(15-16-10)6-1-2-7-9(3-6)13-5-11(17)14-7/h1-5H,(H,14,17)(H3,12,15,16). The second kappa shape index (κ2) is 3.44. The summed E-state index contributed by atoms with van der Waals surface area (Å²) in [6.07, 6.45) is 1.26. The SMILES string of the molecule is Nc1cc(-c2ccc3[nH]c(=O)cnc3c2)[nH]n1. The number of nitrogens with one attached hydrogen (secondary N) is 2. The van der Waals surface area contributed by atoms with Crippen molar-refractivity contribution >= 4 is 16.9 Å². The van der Waals surface area contributed by atoms with Gasteiger partial charge in [-0.3, -0.25) is 9.89 Å². The summed E-state index contributed by atoms with van der Waals surface area (Å²) < 4.78 is 0. The Hall–Kier alpha value is -2.63. The Bertz CT molecular complexity index is 743. The zero-order valence-corrected chi connectivity index (χ0v) is 8.77. The number of nitrogens with two attached hydrogens (primary N) is 1. The molecule has 0 saturated carbocycles. The second-order valence-corrected chi connectivity index (χ2v) is 3.69. The molecule has 0 spiro atoms. The van der Waals surface area contributed by atoms with Crippen LogP contribution in [0.1, 0.15) is 0 Å². The summed E-state index contributed by atoms with van der Waals surface area (Å²) in [5.41, 5.74) is 8.49. The predicted octanol–water partition coefficient (Wildman–Crippen LogP) is 0.895. The Labute approximate surface area is 95.5 Å². The van der Waals surface area contributed by atoms with Gasteiger partial charge in [-0.05, 0) is 12.1 Å². The van der Waals surface area contributed by atoms with Crippen LogP contribution in [0.2, 0.25) is 0 Å². The van der Waals surface area contributed by atoms with Crippen LogP contribution in [0.25, 0.3) is 22.3 Å². The lowest BCUT2D eigenvalue weighted by atomic mass is 10.1. The molecule has 0 unspecified atom stereocenters. The fraction of sp³-hybridized carbons (Fsp3) is 0. The minimum absolute atomic E-state index is 0.212. The van der Waals surface area contributed by atoms with Crippen molar-refractivity contribution in [2.45, 2.75) is 0 Å². The molecule has 6 heteroatoms. The van der Waals surface area contributed by atoms with Gasteiger partial charge in [-0.2, -0.15) is 5.10 Å². The maximum atomic E-state index is 11.1. The van der Waals surface area contributed by atoms with Crippen LogP contribution < -0.4 is 11.3 Å². The first-order valence-corrected chi connectivity index (χ1v) is 5.03. The summed E-state index contributed by atoms with van der Waals surface area (Å²) in [5, 5.41) is 6.68. The van der Waals surface area contributed by atoms with Gasteiger partial charge in [0.05, 0.1) is 22.9 Å². The Morgan fingerprint density at radius 2 is 2.12 bits per heavy atom. The van der Waals surface area contributed by atoms with Crippen molar-refractivity contribution in [2.24, 2.45) is 0 Å². The van der Waals surface area contributed by atoms with E-state index in [9.17, 15) is 4.79 Å². The largest absolute Gasteiger partial charge is 0.382 e. The van der Waals surface area contributed by atoms with E-state index in [1.54, 1.807) is 12.1 Å². The maximum Gasteiger partial charge on any atom is 0.266 e.